The average Bonchev–Trinajstić information content (AvgIpc) is 2.93. The first kappa shape index (κ1) is 20.8. The number of benzene rings is 1. The molecule has 0 bridgehead atoms. The third kappa shape index (κ3) is 3.97. The van der Waals surface area contributed by atoms with E-state index in [1.807, 2.05) is 0 Å². The minimum atomic E-state index is -1.01. The third-order valence-electron chi connectivity index (χ3n) is 4.78. The van der Waals surface area contributed by atoms with E-state index in [0.29, 0.717) is 19.4 Å². The minimum Gasteiger partial charge on any atom is -0.442 e. The summed E-state index contributed by atoms with van der Waals surface area (Å²) in [6.45, 7) is 8.90. The van der Waals surface area contributed by atoms with Gasteiger partial charge in [-0.05, 0) is 52.2 Å². The van der Waals surface area contributed by atoms with Crippen molar-refractivity contribution in [1.29, 1.82) is 0 Å². The van der Waals surface area contributed by atoms with Crippen LogP contribution < -0.4 is 0 Å². The quantitative estimate of drug-likeness (QED) is 0.728. The van der Waals surface area contributed by atoms with Crippen LogP contribution in [0.5, 0.6) is 0 Å². The number of hydrazine groups is 1. The minimum absolute atomic E-state index is 0.233. The number of carbonyl (C=O) groups excluding carboxylic acids is 4. The van der Waals surface area contributed by atoms with E-state index in [2.05, 4.69) is 0 Å². The molecule has 0 aromatic heterocycles. The molecular formula is C21H26N3O5. The molecule has 1 fully saturated rings. The Morgan fingerprint density at radius 2 is 1.69 bits per heavy atom. The molecule has 3 rings (SSSR count). The molecule has 1 aromatic rings. The van der Waals surface area contributed by atoms with Crippen LogP contribution in [0.4, 0.5) is 4.79 Å². The maximum Gasteiger partial charge on any atom is 0.429 e. The zero-order valence-corrected chi connectivity index (χ0v) is 17.2. The lowest BCUT2D eigenvalue weighted by Crippen LogP contribution is -2.58. The summed E-state index contributed by atoms with van der Waals surface area (Å²) in [4.78, 5) is 52.6. The van der Waals surface area contributed by atoms with Gasteiger partial charge in [0.15, 0.2) is 0 Å². The molecular weight excluding hydrogens is 374 g/mol. The van der Waals surface area contributed by atoms with Crippen LogP contribution >= 0.6 is 0 Å². The normalized spacial score (nSPS) is 18.0. The number of nitrogens with zero attached hydrogens (tertiary/aromatic N) is 3. The second-order valence-corrected chi connectivity index (χ2v) is 8.06. The fourth-order valence-electron chi connectivity index (χ4n) is 3.48. The van der Waals surface area contributed by atoms with Crippen LogP contribution in [0.3, 0.4) is 0 Å². The highest BCUT2D eigenvalue weighted by molar-refractivity contribution is 6.22. The van der Waals surface area contributed by atoms with E-state index in [1.165, 1.54) is 10.0 Å². The van der Waals surface area contributed by atoms with Crippen molar-refractivity contribution in [2.45, 2.75) is 58.6 Å². The second-order valence-electron chi connectivity index (χ2n) is 8.06. The van der Waals surface area contributed by atoms with Crippen molar-refractivity contribution in [3.8, 4) is 0 Å². The molecule has 2 heterocycles. The van der Waals surface area contributed by atoms with Crippen LogP contribution in [0.1, 0.15) is 67.7 Å². The summed E-state index contributed by atoms with van der Waals surface area (Å²) in [5.41, 5.74) is -0.138. The number of carbonyl (C=O) groups is 4. The van der Waals surface area contributed by atoms with E-state index in [4.69, 9.17) is 4.74 Å². The van der Waals surface area contributed by atoms with Gasteiger partial charge in [0.25, 0.3) is 17.7 Å². The fraction of sp³-hybridized carbons (Fsp3) is 0.476. The molecule has 1 aromatic carbocycles. The monoisotopic (exact) mass is 400 g/mol. The zero-order valence-electron chi connectivity index (χ0n) is 17.2. The van der Waals surface area contributed by atoms with Crippen LogP contribution in [-0.4, -0.2) is 56.9 Å². The molecule has 29 heavy (non-hydrogen) atoms. The van der Waals surface area contributed by atoms with Gasteiger partial charge in [-0.2, -0.15) is 0 Å². The van der Waals surface area contributed by atoms with Crippen molar-refractivity contribution in [3.05, 3.63) is 41.9 Å². The predicted octanol–water partition coefficient (Wildman–Crippen LogP) is 3.00. The number of hydrogen-bond donors (Lipinski definition) is 0. The van der Waals surface area contributed by atoms with Gasteiger partial charge in [0.1, 0.15) is 11.6 Å². The Labute approximate surface area is 170 Å². The first-order valence-electron chi connectivity index (χ1n) is 9.79. The highest BCUT2D eigenvalue weighted by Crippen LogP contribution is 2.28. The summed E-state index contributed by atoms with van der Waals surface area (Å²) in [5, 5.41) is 2.44. The average molecular weight is 400 g/mol. The molecule has 8 nitrogen and oxygen atoms in total. The number of rotatable bonds is 3. The Morgan fingerprint density at radius 1 is 1.10 bits per heavy atom. The molecule has 8 heteroatoms. The van der Waals surface area contributed by atoms with Crippen LogP contribution in [-0.2, 0) is 9.53 Å². The lowest BCUT2D eigenvalue weighted by atomic mass is 10.1. The van der Waals surface area contributed by atoms with E-state index < -0.39 is 35.5 Å². The highest BCUT2D eigenvalue weighted by Gasteiger charge is 2.45. The topological polar surface area (TPSA) is 87.2 Å². The molecule has 2 aliphatic rings. The van der Waals surface area contributed by atoms with Gasteiger partial charge in [0.05, 0.1) is 17.7 Å². The van der Waals surface area contributed by atoms with E-state index in [9.17, 15) is 19.2 Å². The number of imide groups is 1. The van der Waals surface area contributed by atoms with Gasteiger partial charge < -0.3 is 4.74 Å². The molecule has 0 N–H and O–H groups in total. The highest BCUT2D eigenvalue weighted by atomic mass is 16.6. The van der Waals surface area contributed by atoms with Crippen molar-refractivity contribution in [2.24, 2.45) is 0 Å². The fourth-order valence-corrected chi connectivity index (χ4v) is 3.48. The Morgan fingerprint density at radius 3 is 2.21 bits per heavy atom. The Balaban J connectivity index is 1.86. The van der Waals surface area contributed by atoms with Gasteiger partial charge in [-0.3, -0.25) is 19.3 Å². The summed E-state index contributed by atoms with van der Waals surface area (Å²) in [5.74, 6) is -1.49. The van der Waals surface area contributed by atoms with Crippen molar-refractivity contribution in [3.63, 3.8) is 0 Å². The second kappa shape index (κ2) is 7.85. The molecule has 2 aliphatic heterocycles. The predicted molar refractivity (Wildman–Crippen MR) is 104 cm³/mol. The summed E-state index contributed by atoms with van der Waals surface area (Å²) in [6.07, 6.45) is 0.881. The van der Waals surface area contributed by atoms with Gasteiger partial charge in [-0.1, -0.05) is 19.1 Å². The van der Waals surface area contributed by atoms with E-state index >= 15 is 0 Å². The van der Waals surface area contributed by atoms with Crippen LogP contribution in [0.2, 0.25) is 0 Å². The molecule has 155 valence electrons. The van der Waals surface area contributed by atoms with E-state index in [1.54, 1.807) is 58.5 Å². The van der Waals surface area contributed by atoms with E-state index in [0.717, 1.165) is 4.90 Å². The summed E-state index contributed by atoms with van der Waals surface area (Å²) >= 11 is 0. The Kier molecular flexibility index (Phi) is 5.64. The van der Waals surface area contributed by atoms with Gasteiger partial charge >= 0.3 is 6.09 Å². The molecule has 0 aliphatic carbocycles. The molecule has 0 unspecified atom stereocenters. The zero-order chi connectivity index (χ0) is 21.3. The Hall–Kier alpha value is -2.90. The standard InChI is InChI=1S/C21H26N3O5/c1-5-16(24-17(25)14-10-6-7-11-15(14)18(24)26)19(27)22-12-8-9-13-23(22)20(28)29-21(2,3)4/h6-7,10-12,16H,5,8-9,13H2,1-4H3/t16-/m0/s1. The van der Waals surface area contributed by atoms with Crippen LogP contribution in [0, 0.1) is 6.54 Å². The van der Waals surface area contributed by atoms with Gasteiger partial charge in [0.2, 0.25) is 0 Å². The maximum atomic E-state index is 13.3. The third-order valence-corrected chi connectivity index (χ3v) is 4.78. The number of ether oxygens (including phenoxy) is 1. The molecule has 1 saturated heterocycles. The van der Waals surface area contributed by atoms with Crippen LogP contribution in [0.25, 0.3) is 0 Å². The number of amides is 4. The smallest absolute Gasteiger partial charge is 0.429 e. The van der Waals surface area contributed by atoms with Gasteiger partial charge in [-0.25, -0.2) is 14.8 Å². The van der Waals surface area contributed by atoms with Crippen LogP contribution in [0.15, 0.2) is 24.3 Å². The van der Waals surface area contributed by atoms with E-state index in [-0.39, 0.29) is 17.5 Å². The molecule has 0 saturated carbocycles. The number of hydrogen-bond acceptors (Lipinski definition) is 5. The SMILES string of the molecule is CC[C@@H](C(=O)N1[CH]CCCN1C(=O)OC(C)(C)C)N1C(=O)c2ccccc2C1=O. The summed E-state index contributed by atoms with van der Waals surface area (Å²) < 4.78 is 5.42. The maximum absolute atomic E-state index is 13.3. The summed E-state index contributed by atoms with van der Waals surface area (Å²) in [7, 11) is 0. The summed E-state index contributed by atoms with van der Waals surface area (Å²) in [6, 6.07) is 5.50. The first-order valence-corrected chi connectivity index (χ1v) is 9.79. The lowest BCUT2D eigenvalue weighted by Gasteiger charge is -2.40. The van der Waals surface area contributed by atoms with Crippen molar-refractivity contribution < 1.29 is 23.9 Å². The van der Waals surface area contributed by atoms with Gasteiger partial charge in [-0.15, -0.1) is 0 Å². The Bertz CT molecular complexity index is 810. The van der Waals surface area contributed by atoms with Gasteiger partial charge in [0, 0.05) is 6.54 Å². The molecule has 1 radical (unpaired) electrons. The first-order chi connectivity index (χ1) is 13.7. The molecule has 0 spiro atoms. The van der Waals surface area contributed by atoms with Crippen molar-refractivity contribution >= 4 is 23.8 Å². The van der Waals surface area contributed by atoms with Crippen molar-refractivity contribution in [2.75, 3.05) is 6.54 Å². The largest absolute Gasteiger partial charge is 0.442 e. The molecule has 1 atom stereocenters. The lowest BCUT2D eigenvalue weighted by molar-refractivity contribution is -0.151. The van der Waals surface area contributed by atoms with Crippen molar-refractivity contribution in [1.82, 2.24) is 14.9 Å². The molecule has 4 amide bonds. The number of fused-ring (bicyclic) bond motifs is 1.